The fourth-order valence-electron chi connectivity index (χ4n) is 1.72. The Bertz CT molecular complexity index is 151. The summed E-state index contributed by atoms with van der Waals surface area (Å²) in [4.78, 5) is 13.0. The number of nitrogens with zero attached hydrogens (tertiary/aromatic N) is 1. The van der Waals surface area contributed by atoms with E-state index in [1.165, 1.54) is 25.7 Å². The van der Waals surface area contributed by atoms with E-state index in [0.29, 0.717) is 0 Å². The van der Waals surface area contributed by atoms with Crippen molar-refractivity contribution in [2.45, 2.75) is 38.5 Å². The molecule has 3 N–H and O–H groups in total. The highest BCUT2D eigenvalue weighted by Crippen LogP contribution is 2.10. The van der Waals surface area contributed by atoms with Crippen molar-refractivity contribution in [2.75, 3.05) is 13.1 Å². The van der Waals surface area contributed by atoms with Gasteiger partial charge in [-0.15, -0.1) is 0 Å². The molecular weight excluding hydrogens is 166 g/mol. The van der Waals surface area contributed by atoms with Crippen molar-refractivity contribution in [1.29, 1.82) is 0 Å². The molecule has 0 aliphatic carbocycles. The van der Waals surface area contributed by atoms with E-state index >= 15 is 0 Å². The van der Waals surface area contributed by atoms with Crippen molar-refractivity contribution in [3.05, 3.63) is 0 Å². The molecule has 1 rings (SSSR count). The minimum absolute atomic E-state index is 0.137. The monoisotopic (exact) mass is 185 g/mol. The summed E-state index contributed by atoms with van der Waals surface area (Å²) >= 11 is 0. The van der Waals surface area contributed by atoms with E-state index in [0.717, 1.165) is 25.9 Å². The van der Waals surface area contributed by atoms with Gasteiger partial charge in [0.25, 0.3) is 0 Å². The van der Waals surface area contributed by atoms with Crippen LogP contribution in [0.2, 0.25) is 0 Å². The number of rotatable bonds is 0. The van der Waals surface area contributed by atoms with Gasteiger partial charge in [-0.3, -0.25) is 5.43 Å². The van der Waals surface area contributed by atoms with E-state index < -0.39 is 0 Å². The van der Waals surface area contributed by atoms with Gasteiger partial charge in [0.2, 0.25) is 0 Å². The molecule has 1 aliphatic rings. The van der Waals surface area contributed by atoms with Crippen molar-refractivity contribution in [2.24, 2.45) is 5.84 Å². The molecule has 0 aromatic rings. The first kappa shape index (κ1) is 10.3. The third kappa shape index (κ3) is 3.63. The summed E-state index contributed by atoms with van der Waals surface area (Å²) in [6, 6.07) is -0.137. The molecule has 0 aromatic carbocycles. The minimum atomic E-state index is -0.137. The summed E-state index contributed by atoms with van der Waals surface area (Å²) in [6.45, 7) is 1.70. The normalized spacial score (nSPS) is 19.9. The quantitative estimate of drug-likeness (QED) is 0.339. The molecule has 1 fully saturated rings. The molecule has 0 bridgehead atoms. The fourth-order valence-corrected chi connectivity index (χ4v) is 1.72. The first-order valence-corrected chi connectivity index (χ1v) is 5.10. The summed E-state index contributed by atoms with van der Waals surface area (Å²) in [5, 5.41) is 0. The molecule has 0 spiro atoms. The Labute approximate surface area is 79.4 Å². The molecule has 0 radical (unpaired) electrons. The van der Waals surface area contributed by atoms with Crippen LogP contribution in [-0.4, -0.2) is 24.0 Å². The number of carbonyl (C=O) groups excluding carboxylic acids is 1. The summed E-state index contributed by atoms with van der Waals surface area (Å²) in [7, 11) is 0. The van der Waals surface area contributed by atoms with Crippen LogP contribution in [0.1, 0.15) is 38.5 Å². The van der Waals surface area contributed by atoms with Crippen molar-refractivity contribution in [3.8, 4) is 0 Å². The Balaban J connectivity index is 2.36. The minimum Gasteiger partial charge on any atom is -0.324 e. The highest BCUT2D eigenvalue weighted by atomic mass is 16.2. The van der Waals surface area contributed by atoms with Gasteiger partial charge in [0.15, 0.2) is 0 Å². The van der Waals surface area contributed by atoms with Crippen LogP contribution in [0.4, 0.5) is 4.79 Å². The van der Waals surface area contributed by atoms with Crippen molar-refractivity contribution < 1.29 is 4.79 Å². The fraction of sp³-hybridized carbons (Fsp3) is 0.889. The van der Waals surface area contributed by atoms with E-state index in [9.17, 15) is 4.79 Å². The third-order valence-corrected chi connectivity index (χ3v) is 2.52. The van der Waals surface area contributed by atoms with Gasteiger partial charge < -0.3 is 4.90 Å². The molecule has 0 aromatic heterocycles. The first-order chi connectivity index (χ1) is 6.34. The van der Waals surface area contributed by atoms with Crippen molar-refractivity contribution >= 4 is 6.03 Å². The van der Waals surface area contributed by atoms with Gasteiger partial charge in [0, 0.05) is 13.1 Å². The predicted octanol–water partition coefficient (Wildman–Crippen LogP) is 1.23. The van der Waals surface area contributed by atoms with E-state index in [1.54, 1.807) is 0 Å². The zero-order valence-electron chi connectivity index (χ0n) is 8.09. The van der Waals surface area contributed by atoms with E-state index in [1.807, 2.05) is 4.90 Å². The molecule has 4 nitrogen and oxygen atoms in total. The highest BCUT2D eigenvalue weighted by molar-refractivity contribution is 5.73. The molecule has 0 unspecified atom stereocenters. The standard InChI is InChI=1S/C9H19N3O/c10-11-9(13)12-7-5-3-1-2-4-6-8-12/h1-8,10H2,(H,11,13). The van der Waals surface area contributed by atoms with Gasteiger partial charge in [-0.2, -0.15) is 0 Å². The van der Waals surface area contributed by atoms with E-state index in [2.05, 4.69) is 5.43 Å². The van der Waals surface area contributed by atoms with Gasteiger partial charge >= 0.3 is 6.03 Å². The number of hydrazine groups is 1. The zero-order valence-corrected chi connectivity index (χ0v) is 8.09. The number of urea groups is 1. The lowest BCUT2D eigenvalue weighted by atomic mass is 10.1. The molecule has 1 aliphatic heterocycles. The van der Waals surface area contributed by atoms with Crippen LogP contribution in [0.15, 0.2) is 0 Å². The second kappa shape index (κ2) is 5.80. The average Bonchev–Trinajstić information content (AvgIpc) is 2.29. The average molecular weight is 185 g/mol. The maximum atomic E-state index is 11.2. The Kier molecular flexibility index (Phi) is 4.60. The Hall–Kier alpha value is -0.770. The lowest BCUT2D eigenvalue weighted by Crippen LogP contribution is -2.44. The number of hydrogen-bond acceptors (Lipinski definition) is 2. The van der Waals surface area contributed by atoms with Crippen LogP contribution in [0.25, 0.3) is 0 Å². The Morgan fingerprint density at radius 1 is 1.00 bits per heavy atom. The van der Waals surface area contributed by atoms with Gasteiger partial charge in [0.1, 0.15) is 0 Å². The zero-order chi connectivity index (χ0) is 9.52. The lowest BCUT2D eigenvalue weighted by molar-refractivity contribution is 0.197. The van der Waals surface area contributed by atoms with Crippen molar-refractivity contribution in [3.63, 3.8) is 0 Å². The first-order valence-electron chi connectivity index (χ1n) is 5.10. The number of nitrogens with two attached hydrogens (primary N) is 1. The molecule has 2 amide bonds. The van der Waals surface area contributed by atoms with Crippen LogP contribution < -0.4 is 11.3 Å². The second-order valence-electron chi connectivity index (χ2n) is 3.56. The molecule has 0 saturated carbocycles. The van der Waals surface area contributed by atoms with Gasteiger partial charge in [-0.25, -0.2) is 10.6 Å². The Morgan fingerprint density at radius 3 is 1.92 bits per heavy atom. The largest absolute Gasteiger partial charge is 0.331 e. The molecule has 1 heterocycles. The van der Waals surface area contributed by atoms with E-state index in [4.69, 9.17) is 5.84 Å². The number of nitrogens with one attached hydrogen (secondary N) is 1. The number of amides is 2. The summed E-state index contributed by atoms with van der Waals surface area (Å²) < 4.78 is 0. The van der Waals surface area contributed by atoms with Crippen LogP contribution in [0.5, 0.6) is 0 Å². The third-order valence-electron chi connectivity index (χ3n) is 2.52. The number of hydrogen-bond donors (Lipinski definition) is 2. The van der Waals surface area contributed by atoms with Crippen LogP contribution in [0, 0.1) is 0 Å². The SMILES string of the molecule is NNC(=O)N1CCCCCCCC1. The predicted molar refractivity (Wildman–Crippen MR) is 52.0 cm³/mol. The van der Waals surface area contributed by atoms with E-state index in [-0.39, 0.29) is 6.03 Å². The van der Waals surface area contributed by atoms with Crippen LogP contribution in [0.3, 0.4) is 0 Å². The second-order valence-corrected chi connectivity index (χ2v) is 3.56. The maximum absolute atomic E-state index is 11.2. The highest BCUT2D eigenvalue weighted by Gasteiger charge is 2.11. The van der Waals surface area contributed by atoms with Crippen molar-refractivity contribution in [1.82, 2.24) is 10.3 Å². The van der Waals surface area contributed by atoms with Crippen LogP contribution >= 0.6 is 0 Å². The molecule has 1 saturated heterocycles. The summed E-state index contributed by atoms with van der Waals surface area (Å²) in [5.41, 5.74) is 2.19. The number of carbonyl (C=O) groups is 1. The molecule has 0 atom stereocenters. The smallest absolute Gasteiger partial charge is 0.324 e. The maximum Gasteiger partial charge on any atom is 0.331 e. The van der Waals surface area contributed by atoms with Gasteiger partial charge in [0.05, 0.1) is 0 Å². The van der Waals surface area contributed by atoms with Crippen LogP contribution in [-0.2, 0) is 0 Å². The Morgan fingerprint density at radius 2 is 1.46 bits per heavy atom. The topological polar surface area (TPSA) is 58.4 Å². The van der Waals surface area contributed by atoms with Gasteiger partial charge in [-0.05, 0) is 12.8 Å². The summed E-state index contributed by atoms with van der Waals surface area (Å²) in [5.74, 6) is 5.09. The molecular formula is C9H19N3O. The lowest BCUT2D eigenvalue weighted by Gasteiger charge is -2.20. The molecule has 76 valence electrons. The molecule has 13 heavy (non-hydrogen) atoms. The van der Waals surface area contributed by atoms with Gasteiger partial charge in [-0.1, -0.05) is 25.7 Å². The molecule has 4 heteroatoms. The summed E-state index contributed by atoms with van der Waals surface area (Å²) in [6.07, 6.45) is 7.28.